The van der Waals surface area contributed by atoms with Crippen molar-refractivity contribution < 1.29 is 4.74 Å². The van der Waals surface area contributed by atoms with Crippen LogP contribution in [0.1, 0.15) is 32.8 Å². The maximum Gasteiger partial charge on any atom is 0.188 e. The van der Waals surface area contributed by atoms with Crippen LogP contribution in [0.25, 0.3) is 0 Å². The molecule has 6 nitrogen and oxygen atoms in total. The van der Waals surface area contributed by atoms with Crippen LogP contribution < -0.4 is 11.1 Å². The highest BCUT2D eigenvalue weighted by Crippen LogP contribution is 2.30. The second kappa shape index (κ2) is 9.99. The largest absolute Gasteiger partial charge is 0.379 e. The number of nitrogens with zero attached hydrogens (tertiary/aromatic N) is 3. The first-order valence-electron chi connectivity index (χ1n) is 8.90. The fraction of sp³-hybridized carbons (Fsp3) is 0.667. The molecule has 0 saturated carbocycles. The van der Waals surface area contributed by atoms with Crippen molar-refractivity contribution in [3.05, 3.63) is 23.9 Å². The molecule has 0 aliphatic carbocycles. The van der Waals surface area contributed by atoms with Crippen LogP contribution in [0.4, 0.5) is 0 Å². The van der Waals surface area contributed by atoms with Gasteiger partial charge in [0.2, 0.25) is 0 Å². The van der Waals surface area contributed by atoms with Gasteiger partial charge in [-0.1, -0.05) is 20.8 Å². The highest BCUT2D eigenvalue weighted by molar-refractivity contribution is 8.00. The van der Waals surface area contributed by atoms with Crippen molar-refractivity contribution in [2.75, 3.05) is 39.4 Å². The predicted octanol–water partition coefficient (Wildman–Crippen LogP) is 2.10. The van der Waals surface area contributed by atoms with Gasteiger partial charge in [0.15, 0.2) is 5.96 Å². The smallest absolute Gasteiger partial charge is 0.188 e. The third-order valence-electron chi connectivity index (χ3n) is 3.70. The summed E-state index contributed by atoms with van der Waals surface area (Å²) in [5.41, 5.74) is 7.09. The zero-order valence-corrected chi connectivity index (χ0v) is 16.4. The van der Waals surface area contributed by atoms with E-state index in [4.69, 9.17) is 10.5 Å². The molecule has 1 aromatic rings. The molecule has 2 rings (SSSR count). The molecule has 1 aliphatic rings. The molecule has 140 valence electrons. The molecule has 25 heavy (non-hydrogen) atoms. The molecule has 0 spiro atoms. The van der Waals surface area contributed by atoms with Gasteiger partial charge in [0, 0.05) is 30.6 Å². The van der Waals surface area contributed by atoms with E-state index in [0.717, 1.165) is 56.4 Å². The highest BCUT2D eigenvalue weighted by atomic mass is 32.2. The molecule has 0 aromatic carbocycles. The molecule has 0 unspecified atom stereocenters. The molecule has 1 fully saturated rings. The van der Waals surface area contributed by atoms with Crippen molar-refractivity contribution in [2.24, 2.45) is 10.7 Å². The van der Waals surface area contributed by atoms with Crippen LogP contribution in [0, 0.1) is 0 Å². The molecule has 1 aliphatic heterocycles. The van der Waals surface area contributed by atoms with Gasteiger partial charge in [0.25, 0.3) is 0 Å². The molecular formula is C18H31N5OS. The van der Waals surface area contributed by atoms with Crippen LogP contribution in [0.5, 0.6) is 0 Å². The van der Waals surface area contributed by atoms with Crippen molar-refractivity contribution in [3.63, 3.8) is 0 Å². The van der Waals surface area contributed by atoms with Crippen LogP contribution in [0.2, 0.25) is 0 Å². The van der Waals surface area contributed by atoms with Crippen molar-refractivity contribution in [1.29, 1.82) is 0 Å². The average molecular weight is 366 g/mol. The van der Waals surface area contributed by atoms with E-state index in [1.807, 2.05) is 12.3 Å². The molecule has 0 amide bonds. The molecule has 7 heteroatoms. The lowest BCUT2D eigenvalue weighted by molar-refractivity contribution is 0.0376. The summed E-state index contributed by atoms with van der Waals surface area (Å²) in [4.78, 5) is 11.3. The van der Waals surface area contributed by atoms with Crippen LogP contribution >= 0.6 is 11.8 Å². The van der Waals surface area contributed by atoms with Gasteiger partial charge in [-0.25, -0.2) is 9.98 Å². The molecule has 3 N–H and O–H groups in total. The molecule has 2 heterocycles. The summed E-state index contributed by atoms with van der Waals surface area (Å²) in [6.07, 6.45) is 2.89. The van der Waals surface area contributed by atoms with Crippen LogP contribution in [0.15, 0.2) is 28.3 Å². The fourth-order valence-electron chi connectivity index (χ4n) is 2.49. The van der Waals surface area contributed by atoms with E-state index in [2.05, 4.69) is 47.0 Å². The van der Waals surface area contributed by atoms with Gasteiger partial charge in [-0.15, -0.1) is 11.8 Å². The number of rotatable bonds is 7. The topological polar surface area (TPSA) is 75.8 Å². The van der Waals surface area contributed by atoms with Gasteiger partial charge in [-0.3, -0.25) is 4.90 Å². The van der Waals surface area contributed by atoms with Crippen LogP contribution in [0.3, 0.4) is 0 Å². The Kier molecular flexibility index (Phi) is 7.99. The predicted molar refractivity (Wildman–Crippen MR) is 105 cm³/mol. The number of hydrogen-bond donors (Lipinski definition) is 2. The number of ether oxygens (including phenoxy) is 1. The minimum Gasteiger partial charge on any atom is -0.379 e. The summed E-state index contributed by atoms with van der Waals surface area (Å²) in [7, 11) is 0. The normalized spacial score (nSPS) is 16.8. The standard InChI is InChI=1S/C18H31N5OS/c1-18(2,3)25-16-13-15(5-7-20-16)14-22-17(19)21-6-4-8-23-9-11-24-12-10-23/h5,7,13H,4,6,8-12,14H2,1-3H3,(H3,19,21,22). The Labute approximate surface area is 155 Å². The number of nitrogens with one attached hydrogen (secondary N) is 1. The minimum absolute atomic E-state index is 0.149. The van der Waals surface area contributed by atoms with E-state index in [0.29, 0.717) is 12.5 Å². The van der Waals surface area contributed by atoms with Crippen molar-refractivity contribution in [2.45, 2.75) is 43.5 Å². The van der Waals surface area contributed by atoms with Crippen molar-refractivity contribution in [3.8, 4) is 0 Å². The van der Waals surface area contributed by atoms with Gasteiger partial charge in [0.1, 0.15) is 0 Å². The molecule has 1 aromatic heterocycles. The molecule has 0 radical (unpaired) electrons. The first-order valence-corrected chi connectivity index (χ1v) is 9.72. The SMILES string of the molecule is CC(C)(C)Sc1cc(CN=C(N)NCCCN2CCOCC2)ccn1. The first-order chi connectivity index (χ1) is 11.9. The zero-order valence-electron chi connectivity index (χ0n) is 15.6. The van der Waals surface area contributed by atoms with Crippen LogP contribution in [-0.2, 0) is 11.3 Å². The Bertz CT molecular complexity index is 553. The summed E-state index contributed by atoms with van der Waals surface area (Å²) < 4.78 is 5.50. The monoisotopic (exact) mass is 365 g/mol. The van der Waals surface area contributed by atoms with Crippen molar-refractivity contribution in [1.82, 2.24) is 15.2 Å². The summed E-state index contributed by atoms with van der Waals surface area (Å²) in [6.45, 7) is 12.8. The molecular weight excluding hydrogens is 334 g/mol. The Balaban J connectivity index is 1.70. The van der Waals surface area contributed by atoms with Gasteiger partial charge in [-0.2, -0.15) is 0 Å². The third-order valence-corrected chi connectivity index (χ3v) is 4.75. The highest BCUT2D eigenvalue weighted by Gasteiger charge is 2.13. The lowest BCUT2D eigenvalue weighted by Gasteiger charge is -2.26. The number of pyridine rings is 1. The molecule has 1 saturated heterocycles. The quantitative estimate of drug-likeness (QED) is 0.334. The Morgan fingerprint density at radius 1 is 1.40 bits per heavy atom. The summed E-state index contributed by atoms with van der Waals surface area (Å²) in [6, 6.07) is 4.08. The summed E-state index contributed by atoms with van der Waals surface area (Å²) in [5, 5.41) is 4.22. The fourth-order valence-corrected chi connectivity index (χ4v) is 3.45. The zero-order chi connectivity index (χ0) is 18.1. The van der Waals surface area contributed by atoms with E-state index in [1.54, 1.807) is 11.8 Å². The molecule has 0 bridgehead atoms. The average Bonchev–Trinajstić information content (AvgIpc) is 2.57. The van der Waals surface area contributed by atoms with E-state index >= 15 is 0 Å². The van der Waals surface area contributed by atoms with Crippen molar-refractivity contribution >= 4 is 17.7 Å². The van der Waals surface area contributed by atoms with E-state index < -0.39 is 0 Å². The van der Waals surface area contributed by atoms with Gasteiger partial charge in [-0.05, 0) is 30.7 Å². The molecule has 0 atom stereocenters. The Hall–Kier alpha value is -1.31. The number of hydrogen-bond acceptors (Lipinski definition) is 5. The van der Waals surface area contributed by atoms with E-state index in [-0.39, 0.29) is 4.75 Å². The number of thioether (sulfide) groups is 1. The Morgan fingerprint density at radius 2 is 2.16 bits per heavy atom. The van der Waals surface area contributed by atoms with Gasteiger partial charge in [0.05, 0.1) is 24.8 Å². The van der Waals surface area contributed by atoms with Gasteiger partial charge >= 0.3 is 0 Å². The first kappa shape index (κ1) is 20.0. The third kappa shape index (κ3) is 8.56. The van der Waals surface area contributed by atoms with E-state index in [1.165, 1.54) is 0 Å². The number of nitrogens with two attached hydrogens (primary N) is 1. The second-order valence-corrected chi connectivity index (χ2v) is 9.00. The maximum absolute atomic E-state index is 5.97. The maximum atomic E-state index is 5.97. The second-order valence-electron chi connectivity index (χ2n) is 7.15. The van der Waals surface area contributed by atoms with Gasteiger partial charge < -0.3 is 15.8 Å². The lowest BCUT2D eigenvalue weighted by atomic mass is 10.3. The summed E-state index contributed by atoms with van der Waals surface area (Å²) >= 11 is 1.76. The number of morpholine rings is 1. The number of aliphatic imine (C=N–C) groups is 1. The number of aromatic nitrogens is 1. The summed E-state index contributed by atoms with van der Waals surface area (Å²) in [5.74, 6) is 0.504. The lowest BCUT2D eigenvalue weighted by Crippen LogP contribution is -2.39. The minimum atomic E-state index is 0.149. The van der Waals surface area contributed by atoms with E-state index in [9.17, 15) is 0 Å². The Morgan fingerprint density at radius 3 is 2.88 bits per heavy atom. The van der Waals surface area contributed by atoms with Crippen LogP contribution in [-0.4, -0.2) is 60.0 Å². The number of guanidine groups is 1.